The van der Waals surface area contributed by atoms with Crippen LogP contribution in [0.15, 0.2) is 54.3 Å². The fraction of sp³-hybridized carbons (Fsp3) is 0.444. The lowest BCUT2D eigenvalue weighted by molar-refractivity contribution is -0.142. The smallest absolute Gasteiger partial charge is 0.310 e. The molecule has 0 bridgehead atoms. The Morgan fingerprint density at radius 3 is 2.09 bits per heavy atom. The van der Waals surface area contributed by atoms with Gasteiger partial charge in [-0.05, 0) is 74.8 Å². The van der Waals surface area contributed by atoms with E-state index < -0.39 is 0 Å². The Morgan fingerprint density at radius 2 is 1.64 bits per heavy atom. The number of anilines is 1. The van der Waals surface area contributed by atoms with Gasteiger partial charge in [-0.2, -0.15) is 0 Å². The van der Waals surface area contributed by atoms with Gasteiger partial charge in [0.05, 0.1) is 33.0 Å². The van der Waals surface area contributed by atoms with E-state index in [1.165, 1.54) is 10.9 Å². The molecule has 0 fully saturated rings. The van der Waals surface area contributed by atoms with Gasteiger partial charge >= 0.3 is 5.97 Å². The quantitative estimate of drug-likeness (QED) is 0.260. The van der Waals surface area contributed by atoms with Crippen molar-refractivity contribution in [3.8, 4) is 5.75 Å². The van der Waals surface area contributed by atoms with E-state index in [-0.39, 0.29) is 13.9 Å². The van der Waals surface area contributed by atoms with Crippen LogP contribution in [0.1, 0.15) is 45.7 Å². The fourth-order valence-electron chi connectivity index (χ4n) is 2.64. The molecule has 0 saturated heterocycles. The van der Waals surface area contributed by atoms with Gasteiger partial charge in [-0.3, -0.25) is 4.79 Å². The first-order valence-corrected chi connectivity index (χ1v) is 13.6. The molecule has 0 aliphatic rings. The van der Waals surface area contributed by atoms with Crippen LogP contribution in [0.5, 0.6) is 5.75 Å². The van der Waals surface area contributed by atoms with Gasteiger partial charge < -0.3 is 19.5 Å². The summed E-state index contributed by atoms with van der Waals surface area (Å²) in [5.41, 5.74) is 3.32. The molecule has 1 N–H and O–H groups in total. The average molecular weight is 476 g/mol. The molecule has 2 aromatic carbocycles. The third kappa shape index (κ3) is 12.3. The summed E-state index contributed by atoms with van der Waals surface area (Å²) in [6.45, 7) is 15.3. The molecule has 0 aliphatic heterocycles. The first-order valence-electron chi connectivity index (χ1n) is 11.3. The van der Waals surface area contributed by atoms with E-state index >= 15 is 0 Å². The minimum Gasteiger partial charge on any atom is -0.502 e. The zero-order chi connectivity index (χ0) is 25.2. The largest absolute Gasteiger partial charge is 0.502 e. The monoisotopic (exact) mass is 475 g/mol. The molecule has 0 saturated carbocycles. The molecule has 2 aromatic rings. The summed E-state index contributed by atoms with van der Waals surface area (Å²) in [5.74, 6) is 1.65. The second-order valence-electron chi connectivity index (χ2n) is 7.03. The maximum Gasteiger partial charge on any atom is 0.310 e. The normalized spacial score (nSPS) is 10.3. The van der Waals surface area contributed by atoms with E-state index in [0.717, 1.165) is 29.3 Å². The van der Waals surface area contributed by atoms with Crippen molar-refractivity contribution < 1.29 is 19.0 Å². The van der Waals surface area contributed by atoms with Gasteiger partial charge in [-0.25, -0.2) is 0 Å². The van der Waals surface area contributed by atoms with Crippen molar-refractivity contribution in [2.45, 2.75) is 47.6 Å². The van der Waals surface area contributed by atoms with Gasteiger partial charge in [0.1, 0.15) is 5.75 Å². The van der Waals surface area contributed by atoms with Gasteiger partial charge in [0.15, 0.2) is 0 Å². The Bertz CT molecular complexity index is 833. The van der Waals surface area contributed by atoms with Crippen molar-refractivity contribution in [1.82, 2.24) is 0 Å². The maximum absolute atomic E-state index is 11.7. The third-order valence-electron chi connectivity index (χ3n) is 4.57. The maximum atomic E-state index is 11.7. The minimum absolute atomic E-state index is 0.177. The molecule has 2 rings (SSSR count). The molecule has 0 amide bonds. The van der Waals surface area contributed by atoms with Crippen molar-refractivity contribution in [3.63, 3.8) is 0 Å². The zero-order valence-corrected chi connectivity index (χ0v) is 22.7. The highest BCUT2D eigenvalue weighted by molar-refractivity contribution is 7.64. The van der Waals surface area contributed by atoms with Crippen LogP contribution in [0, 0.1) is 0 Å². The summed E-state index contributed by atoms with van der Waals surface area (Å²) < 4.78 is 15.0. The fourth-order valence-corrected chi connectivity index (χ4v) is 3.70. The molecule has 0 unspecified atom stereocenters. The molecule has 5 nitrogen and oxygen atoms in total. The van der Waals surface area contributed by atoms with Gasteiger partial charge in [0, 0.05) is 12.2 Å². The molecule has 6 heteroatoms. The lowest BCUT2D eigenvalue weighted by Crippen LogP contribution is -2.14. The SMILES string of the molecule is C/C=C(\C)OC.CC.CCOC(=O)Cc1ccc(NCc2ccc(OC)cc2)c(P(C)C)c1. The predicted octanol–water partition coefficient (Wildman–Crippen LogP) is 6.36. The van der Waals surface area contributed by atoms with Crippen molar-refractivity contribution >= 4 is 24.9 Å². The number of methoxy groups -OCH3 is 2. The summed E-state index contributed by atoms with van der Waals surface area (Å²) in [6.07, 6.45) is 2.24. The molecule has 184 valence electrons. The summed E-state index contributed by atoms with van der Waals surface area (Å²) in [7, 11) is 3.04. The summed E-state index contributed by atoms with van der Waals surface area (Å²) in [6, 6.07) is 14.2. The topological polar surface area (TPSA) is 56.8 Å². The van der Waals surface area contributed by atoms with Gasteiger partial charge in [0.2, 0.25) is 0 Å². The Balaban J connectivity index is 0.00000111. The molecule has 0 heterocycles. The van der Waals surface area contributed by atoms with Crippen LogP contribution in [0.3, 0.4) is 0 Å². The van der Waals surface area contributed by atoms with Crippen LogP contribution >= 0.6 is 7.92 Å². The van der Waals surface area contributed by atoms with Gasteiger partial charge in [-0.15, -0.1) is 0 Å². The van der Waals surface area contributed by atoms with Crippen molar-refractivity contribution in [2.24, 2.45) is 0 Å². The zero-order valence-electron chi connectivity index (χ0n) is 21.8. The Kier molecular flexibility index (Phi) is 16.6. The average Bonchev–Trinajstić information content (AvgIpc) is 2.84. The molecular formula is C27H42NO4P. The second-order valence-corrected chi connectivity index (χ2v) is 9.30. The van der Waals surface area contributed by atoms with E-state index in [4.69, 9.17) is 14.2 Å². The van der Waals surface area contributed by atoms with Crippen LogP contribution in [0.2, 0.25) is 0 Å². The number of hydrogen-bond acceptors (Lipinski definition) is 5. The van der Waals surface area contributed by atoms with Crippen molar-refractivity contribution in [1.29, 1.82) is 0 Å². The van der Waals surface area contributed by atoms with E-state index in [0.29, 0.717) is 13.0 Å². The van der Waals surface area contributed by atoms with E-state index in [1.807, 2.05) is 58.9 Å². The van der Waals surface area contributed by atoms with Crippen LogP contribution < -0.4 is 15.4 Å². The number of hydrogen-bond donors (Lipinski definition) is 1. The predicted molar refractivity (Wildman–Crippen MR) is 143 cm³/mol. The first-order chi connectivity index (χ1) is 15.8. The second kappa shape index (κ2) is 18.0. The molecule has 0 radical (unpaired) electrons. The Morgan fingerprint density at radius 1 is 1.03 bits per heavy atom. The number of ether oxygens (including phenoxy) is 3. The first kappa shape index (κ1) is 30.5. The summed E-state index contributed by atoms with van der Waals surface area (Å²) in [4.78, 5) is 11.7. The van der Waals surface area contributed by atoms with Crippen LogP contribution in [-0.2, 0) is 27.2 Å². The van der Waals surface area contributed by atoms with Crippen molar-refractivity contribution in [2.75, 3.05) is 39.5 Å². The number of benzene rings is 2. The molecule has 33 heavy (non-hydrogen) atoms. The van der Waals surface area contributed by atoms with E-state index in [9.17, 15) is 4.79 Å². The molecule has 0 aliphatic carbocycles. The van der Waals surface area contributed by atoms with Crippen molar-refractivity contribution in [3.05, 3.63) is 65.4 Å². The number of carbonyl (C=O) groups is 1. The molecule has 0 atom stereocenters. The highest BCUT2D eigenvalue weighted by atomic mass is 31.1. The highest BCUT2D eigenvalue weighted by Gasteiger charge is 2.10. The Labute approximate surface area is 202 Å². The lowest BCUT2D eigenvalue weighted by Gasteiger charge is -2.17. The molecule has 0 spiro atoms. The van der Waals surface area contributed by atoms with Crippen LogP contribution in [0.25, 0.3) is 0 Å². The number of rotatable bonds is 9. The number of allylic oxidation sites excluding steroid dienone is 2. The lowest BCUT2D eigenvalue weighted by atomic mass is 10.1. The van der Waals surface area contributed by atoms with E-state index in [2.05, 4.69) is 42.9 Å². The number of esters is 1. The third-order valence-corrected chi connectivity index (χ3v) is 5.90. The van der Waals surface area contributed by atoms with Gasteiger partial charge in [-0.1, -0.05) is 46.0 Å². The summed E-state index contributed by atoms with van der Waals surface area (Å²) >= 11 is 0. The summed E-state index contributed by atoms with van der Waals surface area (Å²) in [5, 5.41) is 4.78. The minimum atomic E-state index is -0.288. The van der Waals surface area contributed by atoms with Crippen LogP contribution in [-0.4, -0.2) is 40.1 Å². The van der Waals surface area contributed by atoms with Crippen LogP contribution in [0.4, 0.5) is 5.69 Å². The van der Waals surface area contributed by atoms with Gasteiger partial charge in [0.25, 0.3) is 0 Å². The van der Waals surface area contributed by atoms with E-state index in [1.54, 1.807) is 14.2 Å². The Hall–Kier alpha value is -2.52. The standard InChI is InChI=1S/C20H26NO3P.C5H10O.C2H6/c1-5-24-20(22)13-16-8-11-18(19(12-16)25(3)4)21-14-15-6-9-17(23-2)10-7-15;1-4-5(2)6-3;1-2/h6-12,21H,5,13-14H2,1-4H3;4H,1-3H3;1-2H3/b;5-4+;. The highest BCUT2D eigenvalue weighted by Crippen LogP contribution is 2.29. The number of carbonyl (C=O) groups excluding carboxylic acids is 1. The molecular weight excluding hydrogens is 433 g/mol. The molecule has 0 aromatic heterocycles. The number of nitrogens with one attached hydrogen (secondary N) is 1.